The van der Waals surface area contributed by atoms with E-state index >= 15 is 0 Å². The topological polar surface area (TPSA) is 84.6 Å². The quantitative estimate of drug-likeness (QED) is 0.743. The molecule has 5 heteroatoms. The van der Waals surface area contributed by atoms with Crippen LogP contribution in [0.1, 0.15) is 40.2 Å². The molecule has 0 bridgehead atoms. The van der Waals surface area contributed by atoms with Crippen molar-refractivity contribution in [3.8, 4) is 5.75 Å². The van der Waals surface area contributed by atoms with Gasteiger partial charge in [-0.05, 0) is 44.5 Å². The molecule has 5 nitrogen and oxygen atoms in total. The molecular weight excluding hydrogens is 256 g/mol. The van der Waals surface area contributed by atoms with Gasteiger partial charge >= 0.3 is 6.09 Å². The Labute approximate surface area is 120 Å². The zero-order valence-corrected chi connectivity index (χ0v) is 12.8. The summed E-state index contributed by atoms with van der Waals surface area (Å²) in [5.74, 6) is 0.135. The number of hydrogen-bond acceptors (Lipinski definition) is 4. The molecule has 0 unspecified atom stereocenters. The Kier molecular flexibility index (Phi) is 4.65. The molecule has 20 heavy (non-hydrogen) atoms. The van der Waals surface area contributed by atoms with Crippen molar-refractivity contribution < 1.29 is 14.6 Å². The Morgan fingerprint density at radius 1 is 1.30 bits per heavy atom. The summed E-state index contributed by atoms with van der Waals surface area (Å²) in [6.07, 6.45) is -0.530. The number of aromatic hydroxyl groups is 1. The monoisotopic (exact) mass is 280 g/mol. The smallest absolute Gasteiger partial charge is 0.412 e. The Morgan fingerprint density at radius 2 is 1.90 bits per heavy atom. The van der Waals surface area contributed by atoms with Crippen LogP contribution in [0.4, 0.5) is 10.5 Å². The van der Waals surface area contributed by atoms with Gasteiger partial charge in [0.25, 0.3) is 0 Å². The third kappa shape index (κ3) is 4.42. The van der Waals surface area contributed by atoms with Gasteiger partial charge in [-0.15, -0.1) is 0 Å². The van der Waals surface area contributed by atoms with E-state index in [1.54, 1.807) is 32.9 Å². The van der Waals surface area contributed by atoms with Crippen LogP contribution >= 0.6 is 0 Å². The van der Waals surface area contributed by atoms with Crippen molar-refractivity contribution in [3.05, 3.63) is 23.8 Å². The fourth-order valence-corrected chi connectivity index (χ4v) is 1.72. The van der Waals surface area contributed by atoms with Crippen LogP contribution in [0.15, 0.2) is 18.2 Å². The second-order valence-electron chi connectivity index (χ2n) is 6.44. The first kappa shape index (κ1) is 16.3. The summed E-state index contributed by atoms with van der Waals surface area (Å²) in [5.41, 5.74) is 6.19. The SMILES string of the molecule is CC(C)(C)OC(=O)Nc1ccc(O)cc1C(C)(C)CN. The maximum Gasteiger partial charge on any atom is 0.412 e. The van der Waals surface area contributed by atoms with Gasteiger partial charge in [0, 0.05) is 17.6 Å². The Morgan fingerprint density at radius 3 is 2.40 bits per heavy atom. The third-order valence-corrected chi connectivity index (χ3v) is 2.88. The summed E-state index contributed by atoms with van der Waals surface area (Å²) < 4.78 is 5.23. The van der Waals surface area contributed by atoms with Crippen LogP contribution in [0.25, 0.3) is 0 Å². The Hall–Kier alpha value is -1.75. The van der Waals surface area contributed by atoms with Gasteiger partial charge in [-0.25, -0.2) is 4.79 Å². The van der Waals surface area contributed by atoms with Crippen molar-refractivity contribution in [1.29, 1.82) is 0 Å². The number of rotatable bonds is 3. The molecule has 0 fully saturated rings. The van der Waals surface area contributed by atoms with Gasteiger partial charge in [-0.1, -0.05) is 13.8 Å². The van der Waals surface area contributed by atoms with Crippen molar-refractivity contribution in [2.45, 2.75) is 45.6 Å². The number of nitrogens with two attached hydrogens (primary N) is 1. The lowest BCUT2D eigenvalue weighted by atomic mass is 9.83. The molecule has 0 saturated carbocycles. The van der Waals surface area contributed by atoms with Crippen LogP contribution in [-0.4, -0.2) is 23.3 Å². The molecule has 0 heterocycles. The normalized spacial score (nSPS) is 12.1. The summed E-state index contributed by atoms with van der Waals surface area (Å²) in [6.45, 7) is 9.68. The standard InChI is InChI=1S/C15H24N2O3/c1-14(2,3)20-13(19)17-12-7-6-10(18)8-11(12)15(4,5)9-16/h6-8,18H,9,16H2,1-5H3,(H,17,19). The molecule has 0 aliphatic carbocycles. The Bertz CT molecular complexity index is 490. The van der Waals surface area contributed by atoms with E-state index in [0.29, 0.717) is 12.2 Å². The highest BCUT2D eigenvalue weighted by Crippen LogP contribution is 2.32. The summed E-state index contributed by atoms with van der Waals surface area (Å²) >= 11 is 0. The minimum absolute atomic E-state index is 0.135. The number of carbonyl (C=O) groups is 1. The van der Waals surface area contributed by atoms with E-state index in [4.69, 9.17) is 10.5 Å². The van der Waals surface area contributed by atoms with E-state index in [1.807, 2.05) is 13.8 Å². The second kappa shape index (κ2) is 5.71. The molecule has 0 aromatic heterocycles. The predicted octanol–water partition coefficient (Wildman–Crippen LogP) is 2.98. The molecule has 0 aliphatic rings. The van der Waals surface area contributed by atoms with Crippen molar-refractivity contribution in [2.75, 3.05) is 11.9 Å². The van der Waals surface area contributed by atoms with E-state index in [2.05, 4.69) is 5.32 Å². The van der Waals surface area contributed by atoms with Gasteiger partial charge in [0.1, 0.15) is 11.4 Å². The summed E-state index contributed by atoms with van der Waals surface area (Å²) in [5, 5.41) is 12.3. The van der Waals surface area contributed by atoms with Gasteiger partial charge in [0.15, 0.2) is 0 Å². The van der Waals surface area contributed by atoms with Crippen LogP contribution in [0.2, 0.25) is 0 Å². The molecule has 0 radical (unpaired) electrons. The molecule has 112 valence electrons. The predicted molar refractivity (Wildman–Crippen MR) is 80.0 cm³/mol. The number of nitrogens with one attached hydrogen (secondary N) is 1. The third-order valence-electron chi connectivity index (χ3n) is 2.88. The molecule has 0 atom stereocenters. The van der Waals surface area contributed by atoms with Crippen LogP contribution in [0, 0.1) is 0 Å². The average Bonchev–Trinajstić information content (AvgIpc) is 2.29. The number of phenolic OH excluding ortho intramolecular Hbond substituents is 1. The van der Waals surface area contributed by atoms with Crippen LogP contribution in [0.5, 0.6) is 5.75 Å². The minimum Gasteiger partial charge on any atom is -0.508 e. The number of amides is 1. The molecule has 1 amide bonds. The highest BCUT2D eigenvalue weighted by Gasteiger charge is 2.24. The fourth-order valence-electron chi connectivity index (χ4n) is 1.72. The van der Waals surface area contributed by atoms with Gasteiger partial charge < -0.3 is 15.6 Å². The maximum absolute atomic E-state index is 11.9. The van der Waals surface area contributed by atoms with E-state index < -0.39 is 11.7 Å². The second-order valence-corrected chi connectivity index (χ2v) is 6.44. The summed E-state index contributed by atoms with van der Waals surface area (Å²) in [6, 6.07) is 4.77. The zero-order chi connectivity index (χ0) is 15.6. The first-order chi connectivity index (χ1) is 9.05. The number of ether oxygens (including phenoxy) is 1. The average molecular weight is 280 g/mol. The minimum atomic E-state index is -0.565. The van der Waals surface area contributed by atoms with Gasteiger partial charge in [-0.3, -0.25) is 5.32 Å². The molecule has 0 spiro atoms. The number of benzene rings is 1. The number of phenols is 1. The fraction of sp³-hybridized carbons (Fsp3) is 0.533. The van der Waals surface area contributed by atoms with Crippen LogP contribution in [0.3, 0.4) is 0 Å². The zero-order valence-electron chi connectivity index (χ0n) is 12.8. The summed E-state index contributed by atoms with van der Waals surface area (Å²) in [7, 11) is 0. The molecular formula is C15H24N2O3. The van der Waals surface area contributed by atoms with E-state index in [1.165, 1.54) is 6.07 Å². The van der Waals surface area contributed by atoms with Gasteiger partial charge in [0.2, 0.25) is 0 Å². The van der Waals surface area contributed by atoms with Crippen LogP contribution < -0.4 is 11.1 Å². The number of anilines is 1. The molecule has 0 saturated heterocycles. The lowest BCUT2D eigenvalue weighted by molar-refractivity contribution is 0.0635. The highest BCUT2D eigenvalue weighted by molar-refractivity contribution is 5.86. The summed E-state index contributed by atoms with van der Waals surface area (Å²) in [4.78, 5) is 11.9. The lowest BCUT2D eigenvalue weighted by Crippen LogP contribution is -2.31. The first-order valence-electron chi connectivity index (χ1n) is 6.59. The van der Waals surface area contributed by atoms with Crippen molar-refractivity contribution in [3.63, 3.8) is 0 Å². The molecule has 1 rings (SSSR count). The largest absolute Gasteiger partial charge is 0.508 e. The first-order valence-corrected chi connectivity index (χ1v) is 6.59. The van der Waals surface area contributed by atoms with E-state index in [-0.39, 0.29) is 11.2 Å². The number of carbonyl (C=O) groups excluding carboxylic acids is 1. The Balaban J connectivity index is 3.04. The van der Waals surface area contributed by atoms with E-state index in [0.717, 1.165) is 5.56 Å². The van der Waals surface area contributed by atoms with Crippen molar-refractivity contribution in [1.82, 2.24) is 0 Å². The molecule has 4 N–H and O–H groups in total. The van der Waals surface area contributed by atoms with Crippen LogP contribution in [-0.2, 0) is 10.2 Å². The maximum atomic E-state index is 11.9. The van der Waals surface area contributed by atoms with Gasteiger partial charge in [0.05, 0.1) is 0 Å². The van der Waals surface area contributed by atoms with Gasteiger partial charge in [-0.2, -0.15) is 0 Å². The number of hydrogen-bond donors (Lipinski definition) is 3. The molecule has 1 aromatic rings. The van der Waals surface area contributed by atoms with Crippen molar-refractivity contribution >= 4 is 11.8 Å². The molecule has 1 aromatic carbocycles. The lowest BCUT2D eigenvalue weighted by Gasteiger charge is -2.27. The molecule has 0 aliphatic heterocycles. The van der Waals surface area contributed by atoms with E-state index in [9.17, 15) is 9.90 Å². The van der Waals surface area contributed by atoms with Crippen molar-refractivity contribution in [2.24, 2.45) is 5.73 Å². The highest BCUT2D eigenvalue weighted by atomic mass is 16.6.